The van der Waals surface area contributed by atoms with E-state index in [1.165, 1.54) is 18.2 Å². The number of imide groups is 2. The molecule has 0 atom stereocenters. The lowest BCUT2D eigenvalue weighted by atomic mass is 10.1. The Morgan fingerprint density at radius 1 is 1.00 bits per heavy atom. The van der Waals surface area contributed by atoms with Crippen LogP contribution in [0.1, 0.15) is 23.6 Å². The lowest BCUT2D eigenvalue weighted by Gasteiger charge is -2.27. The molecule has 0 bridgehead atoms. The van der Waals surface area contributed by atoms with E-state index < -0.39 is 23.8 Å². The number of ether oxygens (including phenoxy) is 2. The second-order valence-electron chi connectivity index (χ2n) is 8.76. The first-order valence-corrected chi connectivity index (χ1v) is 13.0. The van der Waals surface area contributed by atoms with E-state index in [0.717, 1.165) is 10.5 Å². The number of barbiturate groups is 1. The molecule has 0 radical (unpaired) electrons. The molecule has 11 heteroatoms. The molecule has 4 rings (SSSR count). The Morgan fingerprint density at radius 2 is 1.75 bits per heavy atom. The van der Waals surface area contributed by atoms with Crippen LogP contribution < -0.4 is 25.0 Å². The Balaban J connectivity index is 1.61. The average molecular weight is 582 g/mol. The number of hydrogen-bond donors (Lipinski definition) is 2. The van der Waals surface area contributed by atoms with Crippen LogP contribution in [0.2, 0.25) is 10.0 Å². The minimum absolute atomic E-state index is 0.0868. The van der Waals surface area contributed by atoms with Gasteiger partial charge in [-0.25, -0.2) is 9.69 Å². The molecular formula is C29H25Cl2N3O6. The molecule has 206 valence electrons. The Hall–Kier alpha value is -4.34. The summed E-state index contributed by atoms with van der Waals surface area (Å²) in [7, 11) is 0. The number of nitrogens with one attached hydrogen (secondary N) is 2. The summed E-state index contributed by atoms with van der Waals surface area (Å²) in [5.41, 5.74) is 2.33. The second kappa shape index (κ2) is 12.2. The number of hydrogen-bond acceptors (Lipinski definition) is 6. The first-order chi connectivity index (χ1) is 19.1. The Morgan fingerprint density at radius 3 is 2.48 bits per heavy atom. The van der Waals surface area contributed by atoms with Crippen molar-refractivity contribution < 1.29 is 28.7 Å². The van der Waals surface area contributed by atoms with Gasteiger partial charge in [0.1, 0.15) is 5.57 Å². The van der Waals surface area contributed by atoms with Gasteiger partial charge in [0.05, 0.1) is 17.3 Å². The number of halogens is 2. The van der Waals surface area contributed by atoms with E-state index in [-0.39, 0.29) is 41.0 Å². The van der Waals surface area contributed by atoms with Gasteiger partial charge in [-0.15, -0.1) is 0 Å². The lowest BCUT2D eigenvalue weighted by molar-refractivity contribution is -0.122. The molecule has 0 aliphatic carbocycles. The molecule has 0 aromatic heterocycles. The summed E-state index contributed by atoms with van der Waals surface area (Å²) in [6, 6.07) is 14.2. The van der Waals surface area contributed by atoms with Crippen LogP contribution in [0.15, 0.2) is 60.2 Å². The number of aryl methyl sites for hydroxylation is 1. The number of carbonyl (C=O) groups is 4. The van der Waals surface area contributed by atoms with E-state index in [2.05, 4.69) is 10.6 Å². The molecule has 9 nitrogen and oxygen atoms in total. The SMILES string of the molecule is CCOc1cc(/C=C2/C(=O)NC(=O)N(c3cccc(Cl)c3C)C2=O)cc(Cl)c1OCC(=O)Nc1ccccc1C. The van der Waals surface area contributed by atoms with Crippen molar-refractivity contribution in [3.05, 3.63) is 86.9 Å². The van der Waals surface area contributed by atoms with Gasteiger partial charge in [-0.3, -0.25) is 19.7 Å². The molecule has 0 spiro atoms. The molecule has 0 unspecified atom stereocenters. The van der Waals surface area contributed by atoms with Crippen molar-refractivity contribution >= 4 is 64.4 Å². The van der Waals surface area contributed by atoms with Gasteiger partial charge < -0.3 is 14.8 Å². The summed E-state index contributed by atoms with van der Waals surface area (Å²) in [5, 5.41) is 5.40. The van der Waals surface area contributed by atoms with Crippen molar-refractivity contribution in [1.82, 2.24) is 5.32 Å². The molecule has 3 aromatic rings. The molecule has 1 fully saturated rings. The summed E-state index contributed by atoms with van der Waals surface area (Å²) in [6.45, 7) is 5.19. The number of amides is 5. The predicted octanol–water partition coefficient (Wildman–Crippen LogP) is 5.69. The van der Waals surface area contributed by atoms with Gasteiger partial charge in [-0.05, 0) is 73.9 Å². The zero-order valence-corrected chi connectivity index (χ0v) is 23.4. The van der Waals surface area contributed by atoms with Crippen molar-refractivity contribution in [2.45, 2.75) is 20.8 Å². The molecule has 3 aromatic carbocycles. The predicted molar refractivity (Wildman–Crippen MR) is 153 cm³/mol. The van der Waals surface area contributed by atoms with Gasteiger partial charge >= 0.3 is 6.03 Å². The second-order valence-corrected chi connectivity index (χ2v) is 9.57. The third-order valence-electron chi connectivity index (χ3n) is 5.99. The smallest absolute Gasteiger partial charge is 0.335 e. The highest BCUT2D eigenvalue weighted by molar-refractivity contribution is 6.40. The average Bonchev–Trinajstić information content (AvgIpc) is 2.90. The summed E-state index contributed by atoms with van der Waals surface area (Å²) in [6.07, 6.45) is 1.29. The van der Waals surface area contributed by atoms with Gasteiger partial charge in [0.2, 0.25) is 0 Å². The van der Waals surface area contributed by atoms with Crippen LogP contribution in [0.5, 0.6) is 11.5 Å². The Bertz CT molecular complexity index is 1550. The lowest BCUT2D eigenvalue weighted by Crippen LogP contribution is -2.54. The van der Waals surface area contributed by atoms with E-state index in [1.54, 1.807) is 38.1 Å². The van der Waals surface area contributed by atoms with E-state index in [9.17, 15) is 19.2 Å². The fourth-order valence-corrected chi connectivity index (χ4v) is 4.44. The number of para-hydroxylation sites is 1. The fraction of sp³-hybridized carbons (Fsp3) is 0.172. The van der Waals surface area contributed by atoms with Gasteiger partial charge in [0.15, 0.2) is 18.1 Å². The van der Waals surface area contributed by atoms with Crippen molar-refractivity contribution in [2.24, 2.45) is 0 Å². The van der Waals surface area contributed by atoms with E-state index >= 15 is 0 Å². The van der Waals surface area contributed by atoms with Crippen LogP contribution >= 0.6 is 23.2 Å². The normalized spacial score (nSPS) is 14.3. The van der Waals surface area contributed by atoms with Crippen LogP contribution in [0, 0.1) is 13.8 Å². The Labute approximate surface area is 240 Å². The molecule has 2 N–H and O–H groups in total. The molecule has 5 amide bonds. The maximum atomic E-state index is 13.3. The summed E-state index contributed by atoms with van der Waals surface area (Å²) < 4.78 is 11.4. The minimum Gasteiger partial charge on any atom is -0.490 e. The topological polar surface area (TPSA) is 114 Å². The fourth-order valence-electron chi connectivity index (χ4n) is 3.99. The number of nitrogens with zero attached hydrogens (tertiary/aromatic N) is 1. The third kappa shape index (κ3) is 6.11. The maximum absolute atomic E-state index is 13.3. The summed E-state index contributed by atoms with van der Waals surface area (Å²) in [4.78, 5) is 51.9. The summed E-state index contributed by atoms with van der Waals surface area (Å²) in [5.74, 6) is -1.77. The maximum Gasteiger partial charge on any atom is 0.335 e. The Kier molecular flexibility index (Phi) is 8.77. The van der Waals surface area contributed by atoms with Crippen molar-refractivity contribution in [2.75, 3.05) is 23.4 Å². The van der Waals surface area contributed by atoms with Gasteiger partial charge in [0, 0.05) is 10.7 Å². The van der Waals surface area contributed by atoms with E-state index in [4.69, 9.17) is 32.7 Å². The third-order valence-corrected chi connectivity index (χ3v) is 6.68. The molecule has 40 heavy (non-hydrogen) atoms. The van der Waals surface area contributed by atoms with Crippen LogP contribution in [0.25, 0.3) is 6.08 Å². The van der Waals surface area contributed by atoms with Gasteiger partial charge in [-0.2, -0.15) is 0 Å². The number of benzene rings is 3. The van der Waals surface area contributed by atoms with Crippen molar-refractivity contribution in [1.29, 1.82) is 0 Å². The quantitative estimate of drug-likeness (QED) is 0.261. The zero-order valence-electron chi connectivity index (χ0n) is 21.8. The monoisotopic (exact) mass is 581 g/mol. The highest BCUT2D eigenvalue weighted by Gasteiger charge is 2.37. The van der Waals surface area contributed by atoms with Crippen molar-refractivity contribution in [3.8, 4) is 11.5 Å². The number of urea groups is 1. The molecule has 1 saturated heterocycles. The number of carbonyl (C=O) groups excluding carboxylic acids is 4. The molecule has 0 saturated carbocycles. The van der Waals surface area contributed by atoms with E-state index in [0.29, 0.717) is 21.8 Å². The standard InChI is InChI=1S/C29H25Cl2N3O6/c1-4-39-24-14-18(13-21(31)26(24)40-15-25(35)32-22-10-6-5-8-16(22)2)12-19-27(36)33-29(38)34(28(19)37)23-11-7-9-20(30)17(23)3/h5-14H,4,15H2,1-3H3,(H,32,35)(H,33,36,38)/b19-12-. The zero-order chi connectivity index (χ0) is 29.0. The van der Waals surface area contributed by atoms with E-state index in [1.807, 2.05) is 25.1 Å². The highest BCUT2D eigenvalue weighted by Crippen LogP contribution is 2.38. The first kappa shape index (κ1) is 28.7. The first-order valence-electron chi connectivity index (χ1n) is 12.2. The summed E-state index contributed by atoms with van der Waals surface area (Å²) >= 11 is 12.7. The molecule has 1 heterocycles. The molecular weight excluding hydrogens is 557 g/mol. The van der Waals surface area contributed by atoms with Gasteiger partial charge in [0.25, 0.3) is 17.7 Å². The molecule has 1 aliphatic heterocycles. The van der Waals surface area contributed by atoms with Crippen molar-refractivity contribution in [3.63, 3.8) is 0 Å². The van der Waals surface area contributed by atoms with Crippen LogP contribution in [0.4, 0.5) is 16.2 Å². The van der Waals surface area contributed by atoms with Crippen LogP contribution in [0.3, 0.4) is 0 Å². The van der Waals surface area contributed by atoms with Gasteiger partial charge in [-0.1, -0.05) is 47.5 Å². The number of rotatable bonds is 8. The number of anilines is 2. The van der Waals surface area contributed by atoms with Crippen LogP contribution in [-0.2, 0) is 14.4 Å². The minimum atomic E-state index is -0.890. The van der Waals surface area contributed by atoms with Crippen LogP contribution in [-0.4, -0.2) is 37.0 Å². The largest absolute Gasteiger partial charge is 0.490 e. The highest BCUT2D eigenvalue weighted by atomic mass is 35.5. The molecule has 1 aliphatic rings.